The second kappa shape index (κ2) is 16.5. The normalized spacial score (nSPS) is 12.5. The Balaban J connectivity index is 1.02. The molecule has 0 aliphatic rings. The number of unbranched alkanes of at least 4 members (excludes halogenated alkanes) is 4. The Labute approximate surface area is 305 Å². The lowest BCUT2D eigenvalue weighted by atomic mass is 10.0. The molecule has 5 aromatic carbocycles. The molecule has 0 radical (unpaired) electrons. The van der Waals surface area contributed by atoms with Gasteiger partial charge in [-0.2, -0.15) is 0 Å². The van der Waals surface area contributed by atoms with Gasteiger partial charge in [0.2, 0.25) is 0 Å². The summed E-state index contributed by atoms with van der Waals surface area (Å²) in [5.41, 5.74) is 5.37. The van der Waals surface area contributed by atoms with Crippen LogP contribution in [0.15, 0.2) is 121 Å². The highest BCUT2D eigenvalue weighted by Gasteiger charge is 2.07. The maximum atomic E-state index is 2.36. The highest BCUT2D eigenvalue weighted by molar-refractivity contribution is 7.20. The van der Waals surface area contributed by atoms with Crippen LogP contribution in [0.3, 0.4) is 0 Å². The highest BCUT2D eigenvalue weighted by atomic mass is 32.1. The summed E-state index contributed by atoms with van der Waals surface area (Å²) < 4.78 is 2.67. The molecule has 50 heavy (non-hydrogen) atoms. The summed E-state index contributed by atoms with van der Waals surface area (Å²) in [6.07, 6.45) is 27.5. The summed E-state index contributed by atoms with van der Waals surface area (Å²) >= 11 is 3.72. The summed E-state index contributed by atoms with van der Waals surface area (Å²) in [6, 6.07) is 36.8. The molecule has 0 saturated heterocycles. The van der Waals surface area contributed by atoms with Crippen molar-refractivity contribution in [2.45, 2.75) is 65.2 Å². The second-order valence-corrected chi connectivity index (χ2v) is 15.7. The molecule has 0 fully saturated rings. The number of hydrogen-bond donors (Lipinski definition) is 0. The molecule has 0 amide bonds. The van der Waals surface area contributed by atoms with E-state index in [0.29, 0.717) is 0 Å². The van der Waals surface area contributed by atoms with E-state index in [1.54, 1.807) is 0 Å². The van der Waals surface area contributed by atoms with Crippen molar-refractivity contribution < 1.29 is 0 Å². The summed E-state index contributed by atoms with van der Waals surface area (Å²) in [4.78, 5) is 2.56. The first kappa shape index (κ1) is 34.0. The molecule has 0 saturated carbocycles. The summed E-state index contributed by atoms with van der Waals surface area (Å²) in [6.45, 7) is 4.52. The van der Waals surface area contributed by atoms with Crippen LogP contribution in [0.1, 0.15) is 84.4 Å². The molecule has 0 bridgehead atoms. The Morgan fingerprint density at radius 1 is 0.400 bits per heavy atom. The van der Waals surface area contributed by atoms with Crippen LogP contribution in [0.5, 0.6) is 0 Å². The minimum atomic E-state index is 1.18. The minimum absolute atomic E-state index is 1.18. The van der Waals surface area contributed by atoms with Crippen molar-refractivity contribution in [1.82, 2.24) is 0 Å². The topological polar surface area (TPSA) is 0 Å². The van der Waals surface area contributed by atoms with Crippen LogP contribution >= 0.6 is 22.7 Å². The van der Waals surface area contributed by atoms with Gasteiger partial charge in [-0.15, -0.1) is 22.7 Å². The summed E-state index contributed by atoms with van der Waals surface area (Å²) in [7, 11) is 0. The fourth-order valence-electron chi connectivity index (χ4n) is 6.66. The van der Waals surface area contributed by atoms with Crippen molar-refractivity contribution in [3.63, 3.8) is 0 Å². The molecule has 0 aliphatic heterocycles. The lowest BCUT2D eigenvalue weighted by Gasteiger charge is -2.04. The summed E-state index contributed by atoms with van der Waals surface area (Å²) in [5.74, 6) is 0. The molecule has 0 N–H and O–H groups in total. The Morgan fingerprint density at radius 3 is 1.20 bits per heavy atom. The third-order valence-electron chi connectivity index (χ3n) is 9.52. The van der Waals surface area contributed by atoms with Crippen LogP contribution in [0.4, 0.5) is 0 Å². The van der Waals surface area contributed by atoms with Gasteiger partial charge in [-0.05, 0) is 141 Å². The number of allylic oxidation sites excluding steroid dienone is 4. The minimum Gasteiger partial charge on any atom is -0.136 e. The zero-order chi connectivity index (χ0) is 34.1. The molecular weight excluding hydrogens is 641 g/mol. The van der Waals surface area contributed by atoms with Crippen LogP contribution in [0, 0.1) is 0 Å². The first-order chi connectivity index (χ1) is 24.6. The first-order valence-electron chi connectivity index (χ1n) is 18.4. The average Bonchev–Trinajstić information content (AvgIpc) is 3.72. The molecule has 0 nitrogen and oxygen atoms in total. The fourth-order valence-corrected chi connectivity index (χ4v) is 8.68. The number of thiophene rings is 2. The number of rotatable bonds is 14. The van der Waals surface area contributed by atoms with Gasteiger partial charge in [-0.3, -0.25) is 0 Å². The van der Waals surface area contributed by atoms with Gasteiger partial charge in [-0.1, -0.05) is 125 Å². The van der Waals surface area contributed by atoms with Crippen LogP contribution in [0.2, 0.25) is 0 Å². The largest absolute Gasteiger partial charge is 0.136 e. The summed E-state index contributed by atoms with van der Waals surface area (Å²) in [5, 5.41) is 7.82. The molecule has 7 aromatic rings. The number of fused-ring (bicyclic) bond motifs is 4. The highest BCUT2D eigenvalue weighted by Crippen LogP contribution is 2.36. The molecular formula is C48H46S2. The van der Waals surface area contributed by atoms with E-state index in [2.05, 4.69) is 160 Å². The Bertz CT molecular complexity index is 2070. The molecule has 0 aliphatic carbocycles. The Morgan fingerprint density at radius 2 is 0.780 bits per heavy atom. The van der Waals surface area contributed by atoms with Gasteiger partial charge in [0.1, 0.15) is 0 Å². The maximum absolute atomic E-state index is 2.36. The van der Waals surface area contributed by atoms with E-state index < -0.39 is 0 Å². The molecule has 250 valence electrons. The maximum Gasteiger partial charge on any atom is 0.0355 e. The predicted octanol–water partition coefficient (Wildman–Crippen LogP) is 15.3. The zero-order valence-corrected chi connectivity index (χ0v) is 31.0. The molecule has 2 heteroatoms. The SMILES string of the molecule is CCCCCc1ccc(C=CC=Cc2cc3cc4cc5cc6sc(C=CC=Cc7ccc(CCCCC)cc7)cc6cc5cc4cc3s2)cc1. The van der Waals surface area contributed by atoms with E-state index >= 15 is 0 Å². The van der Waals surface area contributed by atoms with Gasteiger partial charge in [-0.25, -0.2) is 0 Å². The van der Waals surface area contributed by atoms with Crippen LogP contribution < -0.4 is 0 Å². The van der Waals surface area contributed by atoms with Crippen molar-refractivity contribution in [1.29, 1.82) is 0 Å². The lowest BCUT2D eigenvalue weighted by molar-refractivity contribution is 0.717. The van der Waals surface area contributed by atoms with Gasteiger partial charge in [0, 0.05) is 19.2 Å². The van der Waals surface area contributed by atoms with Crippen molar-refractivity contribution in [3.8, 4) is 0 Å². The molecule has 0 atom stereocenters. The van der Waals surface area contributed by atoms with E-state index in [4.69, 9.17) is 0 Å². The van der Waals surface area contributed by atoms with Crippen LogP contribution in [0.25, 0.3) is 66.0 Å². The third-order valence-corrected chi connectivity index (χ3v) is 11.6. The van der Waals surface area contributed by atoms with Gasteiger partial charge in [0.05, 0.1) is 0 Å². The standard InChI is InChI=1S/C48H46S2/c1-3-5-7-13-35-19-23-37(24-20-35)15-9-11-17-45-31-43-29-39-27-42-34-48-44(30-40(42)28-41(39)33-47(43)49-45)32-46(50-48)18-12-10-16-38-25-21-36(22-26-38)14-8-6-4-2/h9-12,15-34H,3-8,13-14H2,1-2H3. The predicted molar refractivity (Wildman–Crippen MR) is 228 cm³/mol. The van der Waals surface area contributed by atoms with Crippen molar-refractivity contribution >= 4 is 88.7 Å². The van der Waals surface area contributed by atoms with Crippen molar-refractivity contribution in [3.05, 3.63) is 153 Å². The molecule has 7 rings (SSSR count). The average molecular weight is 687 g/mol. The number of benzene rings is 5. The van der Waals surface area contributed by atoms with Crippen molar-refractivity contribution in [2.75, 3.05) is 0 Å². The van der Waals surface area contributed by atoms with Crippen LogP contribution in [-0.4, -0.2) is 0 Å². The Hall–Kier alpha value is -4.50. The molecule has 0 spiro atoms. The first-order valence-corrected chi connectivity index (χ1v) is 20.0. The third kappa shape index (κ3) is 8.62. The van der Waals surface area contributed by atoms with Gasteiger partial charge < -0.3 is 0 Å². The van der Waals surface area contributed by atoms with E-state index in [9.17, 15) is 0 Å². The van der Waals surface area contributed by atoms with E-state index in [1.807, 2.05) is 22.7 Å². The van der Waals surface area contributed by atoms with Crippen LogP contribution in [-0.2, 0) is 12.8 Å². The van der Waals surface area contributed by atoms with Gasteiger partial charge in [0.15, 0.2) is 0 Å². The number of aryl methyl sites for hydroxylation is 2. The smallest absolute Gasteiger partial charge is 0.0355 e. The van der Waals surface area contributed by atoms with Crippen molar-refractivity contribution in [2.24, 2.45) is 0 Å². The molecule has 0 unspecified atom stereocenters. The van der Waals surface area contributed by atoms with E-state index in [1.165, 1.54) is 125 Å². The zero-order valence-electron chi connectivity index (χ0n) is 29.3. The Kier molecular flexibility index (Phi) is 11.2. The van der Waals surface area contributed by atoms with E-state index in [-0.39, 0.29) is 0 Å². The van der Waals surface area contributed by atoms with Gasteiger partial charge >= 0.3 is 0 Å². The quantitative estimate of drug-likeness (QED) is 0.0607. The second-order valence-electron chi connectivity index (χ2n) is 13.5. The van der Waals surface area contributed by atoms with Gasteiger partial charge in [0.25, 0.3) is 0 Å². The monoisotopic (exact) mass is 686 g/mol. The number of hydrogen-bond acceptors (Lipinski definition) is 2. The lowest BCUT2D eigenvalue weighted by Crippen LogP contribution is -1.85. The fraction of sp³-hybridized carbons (Fsp3) is 0.208. The molecule has 2 heterocycles. The van der Waals surface area contributed by atoms with E-state index in [0.717, 1.165) is 0 Å². The molecule has 2 aromatic heterocycles.